The molecule has 0 fully saturated rings. The predicted molar refractivity (Wildman–Crippen MR) is 90.5 cm³/mol. The molecule has 3 aromatic heterocycles. The average Bonchev–Trinajstić information content (AvgIpc) is 3.11. The summed E-state index contributed by atoms with van der Waals surface area (Å²) in [5.41, 5.74) is 1.65. The van der Waals surface area contributed by atoms with Crippen LogP contribution >= 0.6 is 27.3 Å². The molecule has 5 nitrogen and oxygen atoms in total. The molecule has 0 aliphatic rings. The minimum absolute atomic E-state index is 0.291. The van der Waals surface area contributed by atoms with Crippen molar-refractivity contribution in [2.45, 2.75) is 17.7 Å². The first-order valence-electron chi connectivity index (χ1n) is 6.69. The Hall–Kier alpha value is -1.22. The number of hydrogen-bond acceptors (Lipinski definition) is 4. The van der Waals surface area contributed by atoms with Gasteiger partial charge in [-0.3, -0.25) is 0 Å². The van der Waals surface area contributed by atoms with E-state index < -0.39 is 10.0 Å². The van der Waals surface area contributed by atoms with Crippen molar-refractivity contribution in [3.05, 3.63) is 52.2 Å². The van der Waals surface area contributed by atoms with Gasteiger partial charge in [-0.05, 0) is 40.2 Å². The molecule has 8 heteroatoms. The fraction of sp³-hybridized carbons (Fsp3) is 0.214. The van der Waals surface area contributed by atoms with Gasteiger partial charge in [0.25, 0.3) is 10.0 Å². The first-order valence-corrected chi connectivity index (χ1v) is 9.74. The van der Waals surface area contributed by atoms with Gasteiger partial charge < -0.3 is 4.40 Å². The Morgan fingerprint density at radius 1 is 1.32 bits per heavy atom. The number of halogens is 1. The van der Waals surface area contributed by atoms with Crippen molar-refractivity contribution < 1.29 is 8.42 Å². The minimum atomic E-state index is -3.49. The van der Waals surface area contributed by atoms with E-state index in [0.29, 0.717) is 17.3 Å². The number of fused-ring (bicyclic) bond motifs is 1. The maximum absolute atomic E-state index is 12.7. The number of nitrogens with zero attached hydrogens (tertiary/aromatic N) is 3. The maximum atomic E-state index is 12.7. The highest BCUT2D eigenvalue weighted by molar-refractivity contribution is 9.11. The molecule has 0 atom stereocenters. The third kappa shape index (κ3) is 2.83. The molecule has 0 saturated heterocycles. The van der Waals surface area contributed by atoms with E-state index in [4.69, 9.17) is 0 Å². The summed E-state index contributed by atoms with van der Waals surface area (Å²) in [7, 11) is -3.49. The lowest BCUT2D eigenvalue weighted by molar-refractivity contribution is 0.419. The molecule has 0 unspecified atom stereocenters. The molecule has 0 saturated carbocycles. The molecule has 0 aliphatic heterocycles. The molecule has 0 aromatic carbocycles. The first kappa shape index (κ1) is 15.7. The number of sulfonamides is 1. The van der Waals surface area contributed by atoms with Crippen LogP contribution < -0.4 is 0 Å². The molecule has 0 amide bonds. The Balaban J connectivity index is 1.95. The van der Waals surface area contributed by atoms with Crippen LogP contribution in [0.25, 0.3) is 5.65 Å². The van der Waals surface area contributed by atoms with Crippen LogP contribution in [0.4, 0.5) is 0 Å². The summed E-state index contributed by atoms with van der Waals surface area (Å²) < 4.78 is 30.0. The van der Waals surface area contributed by atoms with E-state index in [1.54, 1.807) is 18.3 Å². The lowest BCUT2D eigenvalue weighted by atomic mass is 10.4. The largest absolute Gasteiger partial charge is 0.303 e. The van der Waals surface area contributed by atoms with Crippen molar-refractivity contribution in [2.75, 3.05) is 6.54 Å². The van der Waals surface area contributed by atoms with Crippen LogP contribution in [-0.4, -0.2) is 28.7 Å². The Morgan fingerprint density at radius 2 is 2.14 bits per heavy atom. The van der Waals surface area contributed by atoms with Crippen LogP contribution in [0.2, 0.25) is 0 Å². The molecule has 0 radical (unpaired) electrons. The summed E-state index contributed by atoms with van der Waals surface area (Å²) in [6.07, 6.45) is 3.61. The van der Waals surface area contributed by atoms with Crippen LogP contribution in [-0.2, 0) is 16.6 Å². The number of rotatable bonds is 5. The van der Waals surface area contributed by atoms with E-state index in [0.717, 1.165) is 15.1 Å². The van der Waals surface area contributed by atoms with Crippen molar-refractivity contribution in [1.82, 2.24) is 13.7 Å². The summed E-state index contributed by atoms with van der Waals surface area (Å²) in [4.78, 5) is 4.30. The summed E-state index contributed by atoms with van der Waals surface area (Å²) in [6.45, 7) is 2.53. The van der Waals surface area contributed by atoms with Crippen molar-refractivity contribution in [3.63, 3.8) is 0 Å². The fourth-order valence-corrected chi connectivity index (χ4v) is 5.80. The second-order valence-electron chi connectivity index (χ2n) is 4.67. The molecular formula is C14H14BrN3O2S2. The van der Waals surface area contributed by atoms with Gasteiger partial charge >= 0.3 is 0 Å². The van der Waals surface area contributed by atoms with Crippen molar-refractivity contribution in [3.8, 4) is 0 Å². The van der Waals surface area contributed by atoms with E-state index in [1.807, 2.05) is 35.7 Å². The number of imidazole rings is 1. The van der Waals surface area contributed by atoms with Crippen LogP contribution in [0.5, 0.6) is 0 Å². The summed E-state index contributed by atoms with van der Waals surface area (Å²) in [6, 6.07) is 9.08. The Labute approximate surface area is 141 Å². The minimum Gasteiger partial charge on any atom is -0.303 e. The highest BCUT2D eigenvalue weighted by atomic mass is 79.9. The van der Waals surface area contributed by atoms with Gasteiger partial charge in [-0.15, -0.1) is 11.3 Å². The van der Waals surface area contributed by atoms with Gasteiger partial charge in [0.15, 0.2) is 0 Å². The third-order valence-corrected chi connectivity index (χ3v) is 7.34. The molecule has 0 aliphatic carbocycles. The number of aromatic nitrogens is 2. The van der Waals surface area contributed by atoms with Gasteiger partial charge in [0, 0.05) is 12.7 Å². The average molecular weight is 400 g/mol. The lowest BCUT2D eigenvalue weighted by Crippen LogP contribution is -2.30. The molecule has 3 aromatic rings. The van der Waals surface area contributed by atoms with E-state index in [-0.39, 0.29) is 0 Å². The highest BCUT2D eigenvalue weighted by Gasteiger charge is 2.25. The molecule has 3 heterocycles. The van der Waals surface area contributed by atoms with E-state index in [2.05, 4.69) is 20.9 Å². The Morgan fingerprint density at radius 3 is 2.82 bits per heavy atom. The smallest absolute Gasteiger partial charge is 0.252 e. The molecule has 22 heavy (non-hydrogen) atoms. The van der Waals surface area contributed by atoms with Crippen LogP contribution in [0.15, 0.2) is 50.7 Å². The molecule has 0 bridgehead atoms. The number of thiophene rings is 1. The fourth-order valence-electron chi connectivity index (χ4n) is 2.21. The van der Waals surface area contributed by atoms with Gasteiger partial charge in [0.05, 0.1) is 22.2 Å². The third-order valence-electron chi connectivity index (χ3n) is 3.33. The van der Waals surface area contributed by atoms with Crippen LogP contribution in [0, 0.1) is 0 Å². The van der Waals surface area contributed by atoms with Gasteiger partial charge in [-0.1, -0.05) is 13.0 Å². The molecule has 3 rings (SSSR count). The normalized spacial score (nSPS) is 12.3. The van der Waals surface area contributed by atoms with Gasteiger partial charge in [-0.25, -0.2) is 13.4 Å². The van der Waals surface area contributed by atoms with Gasteiger partial charge in [0.1, 0.15) is 9.86 Å². The lowest BCUT2D eigenvalue weighted by Gasteiger charge is -2.19. The van der Waals surface area contributed by atoms with Crippen molar-refractivity contribution in [2.24, 2.45) is 0 Å². The Kier molecular flexibility index (Phi) is 4.35. The summed E-state index contributed by atoms with van der Waals surface area (Å²) in [5, 5.41) is 0. The summed E-state index contributed by atoms with van der Waals surface area (Å²) in [5.74, 6) is 0. The van der Waals surface area contributed by atoms with Crippen molar-refractivity contribution in [1.29, 1.82) is 0 Å². The van der Waals surface area contributed by atoms with E-state index in [9.17, 15) is 8.42 Å². The molecular weight excluding hydrogens is 386 g/mol. The first-order chi connectivity index (χ1) is 10.5. The SMILES string of the molecule is CCN(Cc1cnc2ccccn12)S(=O)(=O)c1ccc(Br)s1. The predicted octanol–water partition coefficient (Wildman–Crippen LogP) is 3.37. The standard InChI is InChI=1S/C14H14BrN3O2S2/c1-2-17(22(19,20)14-7-6-12(15)21-14)10-11-9-16-13-5-3-4-8-18(11)13/h3-9H,2,10H2,1H3. The van der Waals surface area contributed by atoms with Gasteiger partial charge in [-0.2, -0.15) is 4.31 Å². The van der Waals surface area contributed by atoms with Crippen LogP contribution in [0.3, 0.4) is 0 Å². The second-order valence-corrected chi connectivity index (χ2v) is 9.30. The molecule has 116 valence electrons. The zero-order valence-corrected chi connectivity index (χ0v) is 15.0. The maximum Gasteiger partial charge on any atom is 0.252 e. The highest BCUT2D eigenvalue weighted by Crippen LogP contribution is 2.29. The zero-order valence-electron chi connectivity index (χ0n) is 11.8. The molecule has 0 spiro atoms. The number of hydrogen-bond donors (Lipinski definition) is 0. The topological polar surface area (TPSA) is 54.7 Å². The van der Waals surface area contributed by atoms with E-state index in [1.165, 1.54) is 15.6 Å². The quantitative estimate of drug-likeness (QED) is 0.660. The second kappa shape index (κ2) is 6.11. The zero-order chi connectivity index (χ0) is 15.7. The van der Waals surface area contributed by atoms with E-state index >= 15 is 0 Å². The summed E-state index contributed by atoms with van der Waals surface area (Å²) >= 11 is 4.53. The van der Waals surface area contributed by atoms with Crippen LogP contribution in [0.1, 0.15) is 12.6 Å². The van der Waals surface area contributed by atoms with Gasteiger partial charge in [0.2, 0.25) is 0 Å². The Bertz CT molecular complexity index is 902. The number of pyridine rings is 1. The monoisotopic (exact) mass is 399 g/mol. The molecule has 0 N–H and O–H groups in total. The van der Waals surface area contributed by atoms with Crippen molar-refractivity contribution >= 4 is 42.9 Å².